The van der Waals surface area contributed by atoms with Crippen LogP contribution in [0, 0.1) is 5.82 Å². The van der Waals surface area contributed by atoms with Gasteiger partial charge < -0.3 is 15.0 Å². The molecule has 8 nitrogen and oxygen atoms in total. The number of halogens is 2. The van der Waals surface area contributed by atoms with Crippen LogP contribution in [0.1, 0.15) is 5.56 Å². The Kier molecular flexibility index (Phi) is 7.83. The van der Waals surface area contributed by atoms with Gasteiger partial charge in [-0.2, -0.15) is 4.31 Å². The van der Waals surface area contributed by atoms with Gasteiger partial charge in [-0.15, -0.1) is 0 Å². The Morgan fingerprint density at radius 2 is 1.88 bits per heavy atom. The second-order valence-electron chi connectivity index (χ2n) is 7.23. The van der Waals surface area contributed by atoms with E-state index in [2.05, 4.69) is 5.32 Å². The normalized spacial score (nSPS) is 14.7. The van der Waals surface area contributed by atoms with Crippen LogP contribution in [0.3, 0.4) is 0 Å². The summed E-state index contributed by atoms with van der Waals surface area (Å²) in [7, 11) is -2.43. The average molecular weight is 484 g/mol. The number of nitrogens with zero attached hydrogens (tertiary/aromatic N) is 2. The van der Waals surface area contributed by atoms with Crippen molar-refractivity contribution in [3.8, 4) is 0 Å². The van der Waals surface area contributed by atoms with Crippen LogP contribution < -0.4 is 5.32 Å². The maximum atomic E-state index is 13.7. The number of rotatable bonds is 7. The largest absolute Gasteiger partial charge is 0.379 e. The fourth-order valence-electron chi connectivity index (χ4n) is 3.15. The van der Waals surface area contributed by atoms with E-state index in [1.165, 1.54) is 52.7 Å². The van der Waals surface area contributed by atoms with Gasteiger partial charge in [-0.05, 0) is 29.8 Å². The summed E-state index contributed by atoms with van der Waals surface area (Å²) in [5.41, 5.74) is 0.460. The smallest absolute Gasteiger partial charge is 0.244 e. The highest BCUT2D eigenvalue weighted by Gasteiger charge is 2.28. The van der Waals surface area contributed by atoms with Crippen molar-refractivity contribution in [1.82, 2.24) is 9.21 Å². The number of morpholine rings is 1. The third kappa shape index (κ3) is 5.83. The van der Waals surface area contributed by atoms with Crippen molar-refractivity contribution in [2.24, 2.45) is 0 Å². The Morgan fingerprint density at radius 1 is 1.19 bits per heavy atom. The molecule has 0 aromatic heterocycles. The van der Waals surface area contributed by atoms with E-state index in [1.807, 2.05) is 0 Å². The van der Waals surface area contributed by atoms with Crippen LogP contribution in [0.2, 0.25) is 5.02 Å². The van der Waals surface area contributed by atoms with E-state index >= 15 is 0 Å². The Morgan fingerprint density at radius 3 is 2.56 bits per heavy atom. The molecular formula is C21H23ClFN3O5S. The van der Waals surface area contributed by atoms with Crippen LogP contribution in [0.15, 0.2) is 47.4 Å². The minimum absolute atomic E-state index is 0.0340. The molecule has 2 amide bonds. The summed E-state index contributed by atoms with van der Waals surface area (Å²) in [6.45, 7) is 0.719. The predicted octanol–water partition coefficient (Wildman–Crippen LogP) is 2.14. The molecule has 2 aromatic carbocycles. The van der Waals surface area contributed by atoms with Gasteiger partial charge in [0.05, 0.1) is 31.2 Å². The molecule has 2 aromatic rings. The number of hydrogen-bond acceptors (Lipinski definition) is 5. The Labute approximate surface area is 191 Å². The molecule has 0 bridgehead atoms. The van der Waals surface area contributed by atoms with Gasteiger partial charge in [0.15, 0.2) is 0 Å². The van der Waals surface area contributed by atoms with Gasteiger partial charge in [0.1, 0.15) is 10.7 Å². The van der Waals surface area contributed by atoms with E-state index in [0.29, 0.717) is 13.2 Å². The maximum Gasteiger partial charge on any atom is 0.244 e. The zero-order valence-electron chi connectivity index (χ0n) is 17.4. The first kappa shape index (κ1) is 24.1. The summed E-state index contributed by atoms with van der Waals surface area (Å²) >= 11 is 6.12. The van der Waals surface area contributed by atoms with Crippen molar-refractivity contribution >= 4 is 39.1 Å². The molecule has 3 rings (SSSR count). The number of benzene rings is 2. The second-order valence-corrected chi connectivity index (χ2v) is 9.54. The lowest BCUT2D eigenvalue weighted by molar-refractivity contribution is -0.132. The van der Waals surface area contributed by atoms with Crippen molar-refractivity contribution in [3.05, 3.63) is 58.9 Å². The van der Waals surface area contributed by atoms with E-state index in [-0.39, 0.29) is 47.2 Å². The Balaban J connectivity index is 1.65. The van der Waals surface area contributed by atoms with Crippen molar-refractivity contribution in [3.63, 3.8) is 0 Å². The molecule has 1 aliphatic heterocycles. The first-order valence-corrected chi connectivity index (χ1v) is 11.6. The van der Waals surface area contributed by atoms with Crippen LogP contribution in [-0.2, 0) is 30.8 Å². The van der Waals surface area contributed by atoms with Crippen LogP contribution in [-0.4, -0.2) is 69.3 Å². The molecule has 32 heavy (non-hydrogen) atoms. The first-order chi connectivity index (χ1) is 15.2. The quantitative estimate of drug-likeness (QED) is 0.651. The van der Waals surface area contributed by atoms with E-state index in [4.69, 9.17) is 16.3 Å². The molecule has 0 radical (unpaired) electrons. The molecule has 1 saturated heterocycles. The zero-order chi connectivity index (χ0) is 23.3. The number of carbonyl (C=O) groups is 2. The number of likely N-dealkylation sites (N-methyl/N-ethyl adjacent to an activating group) is 1. The summed E-state index contributed by atoms with van der Waals surface area (Å²) in [5.74, 6) is -1.46. The van der Waals surface area contributed by atoms with Gasteiger partial charge in [-0.1, -0.05) is 29.8 Å². The fourth-order valence-corrected chi connectivity index (χ4v) is 5.06. The molecule has 0 spiro atoms. The van der Waals surface area contributed by atoms with Crippen molar-refractivity contribution in [2.75, 3.05) is 45.2 Å². The van der Waals surface area contributed by atoms with Crippen LogP contribution in [0.4, 0.5) is 10.1 Å². The molecule has 1 aliphatic rings. The van der Waals surface area contributed by atoms with Gasteiger partial charge in [-0.3, -0.25) is 9.59 Å². The SMILES string of the molecule is CN(CC(=O)Nc1ccc(Cl)c(S(=O)(=O)N2CCOCC2)c1)C(=O)Cc1ccccc1F. The summed E-state index contributed by atoms with van der Waals surface area (Å²) in [6.07, 6.45) is -0.181. The topological polar surface area (TPSA) is 96.0 Å². The molecule has 0 atom stereocenters. The Bertz CT molecular complexity index is 1110. The summed E-state index contributed by atoms with van der Waals surface area (Å²) < 4.78 is 46.0. The number of carbonyl (C=O) groups excluding carboxylic acids is 2. The van der Waals surface area contributed by atoms with Crippen LogP contribution >= 0.6 is 11.6 Å². The number of nitrogens with one attached hydrogen (secondary N) is 1. The van der Waals surface area contributed by atoms with E-state index in [9.17, 15) is 22.4 Å². The first-order valence-electron chi connectivity index (χ1n) is 9.83. The van der Waals surface area contributed by atoms with Gasteiger partial charge in [-0.25, -0.2) is 12.8 Å². The third-order valence-electron chi connectivity index (χ3n) is 4.91. The van der Waals surface area contributed by atoms with Crippen LogP contribution in [0.25, 0.3) is 0 Å². The van der Waals surface area contributed by atoms with Gasteiger partial charge in [0.2, 0.25) is 21.8 Å². The fraction of sp³-hybridized carbons (Fsp3) is 0.333. The van der Waals surface area contributed by atoms with E-state index in [1.54, 1.807) is 6.07 Å². The summed E-state index contributed by atoms with van der Waals surface area (Å²) in [4.78, 5) is 25.8. The lowest BCUT2D eigenvalue weighted by Gasteiger charge is -2.26. The highest BCUT2D eigenvalue weighted by Crippen LogP contribution is 2.28. The maximum absolute atomic E-state index is 13.7. The van der Waals surface area contributed by atoms with E-state index in [0.717, 1.165) is 0 Å². The number of hydrogen-bond donors (Lipinski definition) is 1. The summed E-state index contributed by atoms with van der Waals surface area (Å²) in [5, 5.41) is 2.61. The average Bonchev–Trinajstić information content (AvgIpc) is 2.77. The summed E-state index contributed by atoms with van der Waals surface area (Å²) in [6, 6.07) is 10.1. The molecule has 0 unspecified atom stereocenters. The highest BCUT2D eigenvalue weighted by molar-refractivity contribution is 7.89. The van der Waals surface area contributed by atoms with Crippen LogP contribution in [0.5, 0.6) is 0 Å². The lowest BCUT2D eigenvalue weighted by atomic mass is 10.1. The monoisotopic (exact) mass is 483 g/mol. The molecule has 0 aliphatic carbocycles. The number of anilines is 1. The predicted molar refractivity (Wildman–Crippen MR) is 117 cm³/mol. The van der Waals surface area contributed by atoms with Gasteiger partial charge in [0, 0.05) is 25.8 Å². The standard InChI is InChI=1S/C21H23ClFN3O5S/c1-25(21(28)12-15-4-2-3-5-18(15)23)14-20(27)24-16-6-7-17(22)19(13-16)32(29,30)26-8-10-31-11-9-26/h2-7,13H,8-12,14H2,1H3,(H,24,27). The molecule has 11 heteroatoms. The molecule has 1 heterocycles. The van der Waals surface area contributed by atoms with Crippen molar-refractivity contribution < 1.29 is 27.1 Å². The second kappa shape index (κ2) is 10.4. The van der Waals surface area contributed by atoms with Gasteiger partial charge >= 0.3 is 0 Å². The number of sulfonamides is 1. The van der Waals surface area contributed by atoms with E-state index < -0.39 is 27.7 Å². The van der Waals surface area contributed by atoms with Crippen molar-refractivity contribution in [2.45, 2.75) is 11.3 Å². The number of amides is 2. The molecule has 1 N–H and O–H groups in total. The zero-order valence-corrected chi connectivity index (χ0v) is 19.0. The molecular weight excluding hydrogens is 461 g/mol. The molecule has 172 valence electrons. The number of ether oxygens (including phenoxy) is 1. The lowest BCUT2D eigenvalue weighted by Crippen LogP contribution is -2.40. The molecule has 0 saturated carbocycles. The Hall–Kier alpha value is -2.53. The minimum atomic E-state index is -3.86. The minimum Gasteiger partial charge on any atom is -0.379 e. The van der Waals surface area contributed by atoms with Crippen molar-refractivity contribution in [1.29, 1.82) is 0 Å². The van der Waals surface area contributed by atoms with Gasteiger partial charge in [0.25, 0.3) is 0 Å². The third-order valence-corrected chi connectivity index (χ3v) is 7.29. The molecule has 1 fully saturated rings. The highest BCUT2D eigenvalue weighted by atomic mass is 35.5.